The van der Waals surface area contributed by atoms with Crippen LogP contribution < -0.4 is 5.73 Å². The van der Waals surface area contributed by atoms with Crippen molar-refractivity contribution in [3.05, 3.63) is 46.1 Å². The molecule has 0 radical (unpaired) electrons. The Balaban J connectivity index is 2.62. The number of halogens is 2. The molecular formula is C12H8Cl2N2O2. The minimum absolute atomic E-state index is 0.0740. The Morgan fingerprint density at radius 1 is 1.17 bits per heavy atom. The first-order chi connectivity index (χ1) is 8.50. The Bertz CT molecular complexity index is 609. The van der Waals surface area contributed by atoms with Gasteiger partial charge in [-0.25, -0.2) is 9.78 Å². The maximum absolute atomic E-state index is 10.8. The van der Waals surface area contributed by atoms with Gasteiger partial charge in [-0.1, -0.05) is 29.3 Å². The van der Waals surface area contributed by atoms with Crippen LogP contribution in [0.1, 0.15) is 10.5 Å². The lowest BCUT2D eigenvalue weighted by Crippen LogP contribution is -2.04. The van der Waals surface area contributed by atoms with Gasteiger partial charge in [-0.05, 0) is 24.3 Å². The summed E-state index contributed by atoms with van der Waals surface area (Å²) < 4.78 is 0. The lowest BCUT2D eigenvalue weighted by Gasteiger charge is -2.09. The third kappa shape index (κ3) is 2.25. The number of aromatic carboxylic acids is 1. The number of anilines is 1. The summed E-state index contributed by atoms with van der Waals surface area (Å²) >= 11 is 12.1. The summed E-state index contributed by atoms with van der Waals surface area (Å²) in [6, 6.07) is 7.95. The van der Waals surface area contributed by atoms with Crippen LogP contribution in [0, 0.1) is 0 Å². The molecule has 0 saturated heterocycles. The first-order valence-corrected chi connectivity index (χ1v) is 5.70. The van der Waals surface area contributed by atoms with Crippen molar-refractivity contribution in [2.45, 2.75) is 0 Å². The van der Waals surface area contributed by atoms with E-state index in [0.717, 1.165) is 0 Å². The number of hydrogen-bond acceptors (Lipinski definition) is 3. The summed E-state index contributed by atoms with van der Waals surface area (Å²) in [5, 5.41) is 9.67. The van der Waals surface area contributed by atoms with Gasteiger partial charge in [0.25, 0.3) is 0 Å². The summed E-state index contributed by atoms with van der Waals surface area (Å²) in [5.41, 5.74) is 6.67. The first-order valence-electron chi connectivity index (χ1n) is 4.95. The van der Waals surface area contributed by atoms with Crippen LogP contribution in [0.3, 0.4) is 0 Å². The van der Waals surface area contributed by atoms with Crippen LogP contribution in [0.5, 0.6) is 0 Å². The van der Waals surface area contributed by atoms with E-state index < -0.39 is 5.97 Å². The highest BCUT2D eigenvalue weighted by molar-refractivity contribution is 6.39. The van der Waals surface area contributed by atoms with Gasteiger partial charge in [-0.15, -0.1) is 0 Å². The summed E-state index contributed by atoms with van der Waals surface area (Å²) in [6.45, 7) is 0. The molecular weight excluding hydrogens is 275 g/mol. The molecule has 0 aliphatic rings. The van der Waals surface area contributed by atoms with Crippen LogP contribution in [0.2, 0.25) is 10.0 Å². The van der Waals surface area contributed by atoms with E-state index in [4.69, 9.17) is 34.0 Å². The Morgan fingerprint density at radius 3 is 2.28 bits per heavy atom. The van der Waals surface area contributed by atoms with Gasteiger partial charge in [-0.3, -0.25) is 0 Å². The first kappa shape index (κ1) is 12.7. The average Bonchev–Trinajstić information content (AvgIpc) is 2.30. The number of carbonyl (C=O) groups is 1. The zero-order valence-electron chi connectivity index (χ0n) is 9.02. The second kappa shape index (κ2) is 4.84. The number of pyridine rings is 1. The molecule has 0 aliphatic heterocycles. The highest BCUT2D eigenvalue weighted by Crippen LogP contribution is 2.36. The SMILES string of the molecule is Nc1nc(C(=O)O)ccc1-c1c(Cl)cccc1Cl. The lowest BCUT2D eigenvalue weighted by molar-refractivity contribution is 0.0690. The minimum Gasteiger partial charge on any atom is -0.477 e. The number of nitrogen functional groups attached to an aromatic ring is 1. The maximum Gasteiger partial charge on any atom is 0.354 e. The summed E-state index contributed by atoms with van der Waals surface area (Å²) in [4.78, 5) is 14.6. The number of aromatic nitrogens is 1. The van der Waals surface area contributed by atoms with Gasteiger partial charge in [0, 0.05) is 11.1 Å². The number of hydrogen-bond donors (Lipinski definition) is 2. The van der Waals surface area contributed by atoms with Gasteiger partial charge in [0.2, 0.25) is 0 Å². The molecule has 2 rings (SSSR count). The fourth-order valence-electron chi connectivity index (χ4n) is 1.56. The van der Waals surface area contributed by atoms with Crippen molar-refractivity contribution in [1.29, 1.82) is 0 Å². The molecule has 1 heterocycles. The number of benzene rings is 1. The van der Waals surface area contributed by atoms with E-state index in [9.17, 15) is 4.79 Å². The highest BCUT2D eigenvalue weighted by Gasteiger charge is 2.14. The molecule has 0 saturated carbocycles. The molecule has 0 amide bonds. The summed E-state index contributed by atoms with van der Waals surface area (Å²) in [7, 11) is 0. The molecule has 0 unspecified atom stereocenters. The fourth-order valence-corrected chi connectivity index (χ4v) is 2.16. The van der Waals surface area contributed by atoms with Crippen molar-refractivity contribution in [2.75, 3.05) is 5.73 Å². The van der Waals surface area contributed by atoms with Crippen molar-refractivity contribution in [2.24, 2.45) is 0 Å². The number of carboxylic acids is 1. The third-order valence-corrected chi connectivity index (χ3v) is 3.01. The van der Waals surface area contributed by atoms with Crippen molar-refractivity contribution >= 4 is 35.0 Å². The maximum atomic E-state index is 10.8. The molecule has 0 atom stereocenters. The van der Waals surface area contributed by atoms with Crippen LogP contribution in [0.4, 0.5) is 5.82 Å². The largest absolute Gasteiger partial charge is 0.477 e. The van der Waals surface area contributed by atoms with Crippen molar-refractivity contribution in [3.8, 4) is 11.1 Å². The Labute approximate surface area is 113 Å². The smallest absolute Gasteiger partial charge is 0.354 e. The van der Waals surface area contributed by atoms with Gasteiger partial charge in [0.05, 0.1) is 10.0 Å². The van der Waals surface area contributed by atoms with E-state index in [1.165, 1.54) is 6.07 Å². The molecule has 1 aromatic carbocycles. The van der Waals surface area contributed by atoms with E-state index in [-0.39, 0.29) is 11.5 Å². The van der Waals surface area contributed by atoms with Crippen molar-refractivity contribution < 1.29 is 9.90 Å². The lowest BCUT2D eigenvalue weighted by atomic mass is 10.1. The van der Waals surface area contributed by atoms with Gasteiger partial charge in [-0.2, -0.15) is 0 Å². The molecule has 4 nitrogen and oxygen atoms in total. The number of carboxylic acid groups (broad SMARTS) is 1. The van der Waals surface area contributed by atoms with Crippen LogP contribution in [0.25, 0.3) is 11.1 Å². The van der Waals surface area contributed by atoms with Crippen molar-refractivity contribution in [1.82, 2.24) is 4.98 Å². The van der Waals surface area contributed by atoms with Gasteiger partial charge < -0.3 is 10.8 Å². The topological polar surface area (TPSA) is 76.2 Å². The molecule has 1 aromatic heterocycles. The molecule has 3 N–H and O–H groups in total. The normalized spacial score (nSPS) is 10.3. The van der Waals surface area contributed by atoms with Gasteiger partial charge in [0.1, 0.15) is 5.82 Å². The summed E-state index contributed by atoms with van der Waals surface area (Å²) in [6.07, 6.45) is 0. The molecule has 0 spiro atoms. The highest BCUT2D eigenvalue weighted by atomic mass is 35.5. The Morgan fingerprint density at radius 2 is 1.78 bits per heavy atom. The molecule has 6 heteroatoms. The van der Waals surface area contributed by atoms with Crippen LogP contribution in [0.15, 0.2) is 30.3 Å². The second-order valence-electron chi connectivity index (χ2n) is 3.53. The second-order valence-corrected chi connectivity index (χ2v) is 4.35. The fraction of sp³-hybridized carbons (Fsp3) is 0. The molecule has 0 aliphatic carbocycles. The molecule has 92 valence electrons. The predicted octanol–water partition coefficient (Wildman–Crippen LogP) is 3.34. The average molecular weight is 283 g/mol. The van der Waals surface area contributed by atoms with Crippen LogP contribution in [-0.2, 0) is 0 Å². The number of rotatable bonds is 2. The van der Waals surface area contributed by atoms with E-state index in [0.29, 0.717) is 21.2 Å². The Kier molecular flexibility index (Phi) is 3.41. The molecule has 2 aromatic rings. The number of nitrogens with two attached hydrogens (primary N) is 1. The predicted molar refractivity (Wildman–Crippen MR) is 71.1 cm³/mol. The van der Waals surface area contributed by atoms with Gasteiger partial charge >= 0.3 is 5.97 Å². The van der Waals surface area contributed by atoms with E-state index in [2.05, 4.69) is 4.98 Å². The zero-order chi connectivity index (χ0) is 13.3. The Hall–Kier alpha value is -1.78. The zero-order valence-corrected chi connectivity index (χ0v) is 10.5. The monoisotopic (exact) mass is 282 g/mol. The summed E-state index contributed by atoms with van der Waals surface area (Å²) in [5.74, 6) is -1.07. The van der Waals surface area contributed by atoms with Crippen LogP contribution in [-0.4, -0.2) is 16.1 Å². The van der Waals surface area contributed by atoms with E-state index >= 15 is 0 Å². The molecule has 18 heavy (non-hydrogen) atoms. The van der Waals surface area contributed by atoms with E-state index in [1.807, 2.05) is 0 Å². The van der Waals surface area contributed by atoms with Crippen molar-refractivity contribution in [3.63, 3.8) is 0 Å². The standard InChI is InChI=1S/C12H8Cl2N2O2/c13-7-2-1-3-8(14)10(7)6-4-5-9(12(17)18)16-11(6)15/h1-5H,(H2,15,16)(H,17,18). The molecule has 0 fully saturated rings. The third-order valence-electron chi connectivity index (χ3n) is 2.38. The number of nitrogens with zero attached hydrogens (tertiary/aromatic N) is 1. The minimum atomic E-state index is -1.14. The van der Waals surface area contributed by atoms with Gasteiger partial charge in [0.15, 0.2) is 5.69 Å². The molecule has 0 bridgehead atoms. The quantitative estimate of drug-likeness (QED) is 0.886. The van der Waals surface area contributed by atoms with E-state index in [1.54, 1.807) is 24.3 Å². The van der Waals surface area contributed by atoms with Crippen LogP contribution >= 0.6 is 23.2 Å².